The lowest BCUT2D eigenvalue weighted by Crippen LogP contribution is -2.30. The SMILES string of the molecule is C[C@@H](NC1=CC=CN(C(=O)OC(C)(C)C)C=C1)c1ccccc1. The highest BCUT2D eigenvalue weighted by molar-refractivity contribution is 5.71. The summed E-state index contributed by atoms with van der Waals surface area (Å²) in [7, 11) is 0. The molecule has 1 amide bonds. The molecule has 1 aromatic rings. The summed E-state index contributed by atoms with van der Waals surface area (Å²) in [4.78, 5) is 13.5. The van der Waals surface area contributed by atoms with E-state index in [1.165, 1.54) is 10.5 Å². The Hall–Kier alpha value is -2.49. The topological polar surface area (TPSA) is 41.6 Å². The second-order valence-corrected chi connectivity index (χ2v) is 6.44. The van der Waals surface area contributed by atoms with Gasteiger partial charge in [-0.15, -0.1) is 0 Å². The molecular formula is C19H24N2O2. The van der Waals surface area contributed by atoms with Gasteiger partial charge in [0, 0.05) is 24.1 Å². The number of carbonyl (C=O) groups excluding carboxylic acids is 1. The van der Waals surface area contributed by atoms with Gasteiger partial charge < -0.3 is 10.1 Å². The fourth-order valence-electron chi connectivity index (χ4n) is 2.11. The second kappa shape index (κ2) is 7.18. The normalized spacial score (nSPS) is 15.7. The van der Waals surface area contributed by atoms with E-state index in [0.717, 1.165) is 5.70 Å². The highest BCUT2D eigenvalue weighted by atomic mass is 16.6. The van der Waals surface area contributed by atoms with Gasteiger partial charge in [-0.05, 0) is 51.5 Å². The lowest BCUT2D eigenvalue weighted by Gasteiger charge is -2.23. The number of ether oxygens (including phenoxy) is 1. The lowest BCUT2D eigenvalue weighted by atomic mass is 10.1. The van der Waals surface area contributed by atoms with Crippen molar-refractivity contribution in [2.24, 2.45) is 0 Å². The van der Waals surface area contributed by atoms with Crippen LogP contribution < -0.4 is 5.32 Å². The molecule has 0 aliphatic carbocycles. The summed E-state index contributed by atoms with van der Waals surface area (Å²) in [5.41, 5.74) is 1.63. The van der Waals surface area contributed by atoms with Crippen LogP contribution in [0.15, 0.2) is 66.7 Å². The van der Waals surface area contributed by atoms with Gasteiger partial charge in [0.2, 0.25) is 0 Å². The van der Waals surface area contributed by atoms with E-state index in [1.54, 1.807) is 12.4 Å². The maximum absolute atomic E-state index is 12.1. The van der Waals surface area contributed by atoms with Crippen molar-refractivity contribution in [1.29, 1.82) is 0 Å². The first-order chi connectivity index (χ1) is 10.8. The van der Waals surface area contributed by atoms with Crippen molar-refractivity contribution in [1.82, 2.24) is 10.2 Å². The van der Waals surface area contributed by atoms with E-state index in [2.05, 4.69) is 24.4 Å². The molecule has 0 fully saturated rings. The minimum absolute atomic E-state index is 0.175. The zero-order valence-corrected chi connectivity index (χ0v) is 14.1. The number of rotatable bonds is 3. The Labute approximate surface area is 138 Å². The van der Waals surface area contributed by atoms with E-state index in [0.29, 0.717) is 0 Å². The Morgan fingerprint density at radius 1 is 1.17 bits per heavy atom. The number of allylic oxidation sites excluding steroid dienone is 3. The van der Waals surface area contributed by atoms with Gasteiger partial charge in [-0.2, -0.15) is 0 Å². The van der Waals surface area contributed by atoms with Gasteiger partial charge in [-0.3, -0.25) is 4.90 Å². The summed E-state index contributed by atoms with van der Waals surface area (Å²) in [6.45, 7) is 7.65. The van der Waals surface area contributed by atoms with Crippen LogP contribution in [0.5, 0.6) is 0 Å². The number of hydrogen-bond donors (Lipinski definition) is 1. The van der Waals surface area contributed by atoms with Crippen LogP contribution >= 0.6 is 0 Å². The van der Waals surface area contributed by atoms with Crippen molar-refractivity contribution < 1.29 is 9.53 Å². The number of amides is 1. The molecule has 1 N–H and O–H groups in total. The smallest absolute Gasteiger partial charge is 0.418 e. The minimum atomic E-state index is -0.513. The molecule has 0 radical (unpaired) electrons. The van der Waals surface area contributed by atoms with Crippen LogP contribution in [0.1, 0.15) is 39.3 Å². The molecule has 0 saturated heterocycles. The molecule has 0 unspecified atom stereocenters. The van der Waals surface area contributed by atoms with Crippen LogP contribution in [-0.4, -0.2) is 16.6 Å². The second-order valence-electron chi connectivity index (χ2n) is 6.44. The van der Waals surface area contributed by atoms with E-state index < -0.39 is 11.7 Å². The highest BCUT2D eigenvalue weighted by Crippen LogP contribution is 2.16. The predicted molar refractivity (Wildman–Crippen MR) is 92.4 cm³/mol. The molecule has 1 aromatic carbocycles. The van der Waals surface area contributed by atoms with Crippen LogP contribution in [0, 0.1) is 0 Å². The zero-order chi connectivity index (χ0) is 16.9. The number of nitrogens with zero attached hydrogens (tertiary/aromatic N) is 1. The summed E-state index contributed by atoms with van der Waals surface area (Å²) < 4.78 is 5.36. The van der Waals surface area contributed by atoms with Gasteiger partial charge in [0.25, 0.3) is 0 Å². The molecule has 1 aliphatic rings. The van der Waals surface area contributed by atoms with Crippen LogP contribution in [0.2, 0.25) is 0 Å². The molecule has 1 heterocycles. The standard InChI is InChI=1S/C19H24N2O2/c1-15(16-9-6-5-7-10-16)20-17-11-8-13-21(14-12-17)18(22)23-19(2,3)4/h5-15,20H,1-4H3/t15-/m1/s1. The molecule has 4 nitrogen and oxygen atoms in total. The predicted octanol–water partition coefficient (Wildman–Crippen LogP) is 4.50. The molecular weight excluding hydrogens is 288 g/mol. The van der Waals surface area contributed by atoms with Gasteiger partial charge in [0.15, 0.2) is 0 Å². The molecule has 122 valence electrons. The monoisotopic (exact) mass is 312 g/mol. The highest BCUT2D eigenvalue weighted by Gasteiger charge is 2.19. The average Bonchev–Trinajstić information content (AvgIpc) is 2.72. The van der Waals surface area contributed by atoms with Crippen molar-refractivity contribution in [3.8, 4) is 0 Å². The van der Waals surface area contributed by atoms with Gasteiger partial charge >= 0.3 is 6.09 Å². The van der Waals surface area contributed by atoms with Gasteiger partial charge in [0.1, 0.15) is 5.60 Å². The third-order valence-corrected chi connectivity index (χ3v) is 3.22. The van der Waals surface area contributed by atoms with Crippen LogP contribution in [0.4, 0.5) is 4.79 Å². The van der Waals surface area contributed by atoms with Crippen LogP contribution in [0.25, 0.3) is 0 Å². The number of nitrogens with one attached hydrogen (secondary N) is 1. The molecule has 1 atom stereocenters. The Bertz CT molecular complexity index is 625. The first-order valence-electron chi connectivity index (χ1n) is 7.75. The van der Waals surface area contributed by atoms with Crippen molar-refractivity contribution in [2.45, 2.75) is 39.3 Å². The summed E-state index contributed by atoms with van der Waals surface area (Å²) in [6, 6.07) is 10.4. The minimum Gasteiger partial charge on any atom is -0.443 e. The summed E-state index contributed by atoms with van der Waals surface area (Å²) in [6.07, 6.45) is 8.62. The van der Waals surface area contributed by atoms with Crippen molar-refractivity contribution >= 4 is 6.09 Å². The number of carbonyl (C=O) groups is 1. The van der Waals surface area contributed by atoms with Crippen molar-refractivity contribution in [3.05, 3.63) is 72.2 Å². The maximum Gasteiger partial charge on any atom is 0.418 e. The quantitative estimate of drug-likeness (QED) is 0.893. The number of hydrogen-bond acceptors (Lipinski definition) is 3. The first-order valence-corrected chi connectivity index (χ1v) is 7.75. The Morgan fingerprint density at radius 3 is 2.52 bits per heavy atom. The van der Waals surface area contributed by atoms with Gasteiger partial charge in [0.05, 0.1) is 0 Å². The van der Waals surface area contributed by atoms with E-state index in [-0.39, 0.29) is 6.04 Å². The Balaban J connectivity index is 1.99. The molecule has 0 aromatic heterocycles. The molecule has 2 rings (SSSR count). The third-order valence-electron chi connectivity index (χ3n) is 3.22. The van der Waals surface area contributed by atoms with Crippen molar-refractivity contribution in [3.63, 3.8) is 0 Å². The van der Waals surface area contributed by atoms with E-state index in [4.69, 9.17) is 4.74 Å². The fourth-order valence-corrected chi connectivity index (χ4v) is 2.11. The van der Waals surface area contributed by atoms with Crippen LogP contribution in [-0.2, 0) is 4.74 Å². The molecule has 0 saturated carbocycles. The first kappa shape index (κ1) is 16.9. The molecule has 0 spiro atoms. The van der Waals surface area contributed by atoms with Crippen molar-refractivity contribution in [2.75, 3.05) is 0 Å². The largest absolute Gasteiger partial charge is 0.443 e. The fraction of sp³-hybridized carbons (Fsp3) is 0.316. The zero-order valence-electron chi connectivity index (χ0n) is 14.1. The van der Waals surface area contributed by atoms with Gasteiger partial charge in [-0.1, -0.05) is 30.3 Å². The van der Waals surface area contributed by atoms with E-state index in [1.807, 2.05) is 57.2 Å². The molecule has 23 heavy (non-hydrogen) atoms. The summed E-state index contributed by atoms with van der Waals surface area (Å²) >= 11 is 0. The molecule has 0 bridgehead atoms. The molecule has 1 aliphatic heterocycles. The summed E-state index contributed by atoms with van der Waals surface area (Å²) in [5, 5.41) is 3.43. The van der Waals surface area contributed by atoms with Gasteiger partial charge in [-0.25, -0.2) is 4.79 Å². The molecule has 4 heteroatoms. The third kappa shape index (κ3) is 5.33. The Morgan fingerprint density at radius 2 is 1.87 bits per heavy atom. The van der Waals surface area contributed by atoms with E-state index >= 15 is 0 Å². The Kier molecular flexibility index (Phi) is 5.27. The maximum atomic E-state index is 12.1. The summed E-state index contributed by atoms with van der Waals surface area (Å²) in [5.74, 6) is 0. The van der Waals surface area contributed by atoms with Crippen LogP contribution in [0.3, 0.4) is 0 Å². The number of benzene rings is 1. The average molecular weight is 312 g/mol. The lowest BCUT2D eigenvalue weighted by molar-refractivity contribution is 0.0400. The van der Waals surface area contributed by atoms with E-state index in [9.17, 15) is 4.79 Å².